The molecule has 2 aromatic rings. The third-order valence-electron chi connectivity index (χ3n) is 2.83. The van der Waals surface area contributed by atoms with Crippen LogP contribution >= 0.6 is 0 Å². The van der Waals surface area contributed by atoms with Gasteiger partial charge in [0.05, 0.1) is 36.5 Å². The van der Waals surface area contributed by atoms with Gasteiger partial charge in [0, 0.05) is 12.0 Å². The molecule has 0 unspecified atom stereocenters. The molecule has 0 saturated carbocycles. The highest BCUT2D eigenvalue weighted by atomic mass is 16.5. The van der Waals surface area contributed by atoms with Gasteiger partial charge in [-0.2, -0.15) is 5.10 Å². The fourth-order valence-electron chi connectivity index (χ4n) is 2.02. The maximum absolute atomic E-state index is 10.7. The first-order valence-electron chi connectivity index (χ1n) is 5.38. The molecule has 1 aliphatic rings. The molecule has 17 heavy (non-hydrogen) atoms. The van der Waals surface area contributed by atoms with E-state index in [-0.39, 0.29) is 6.42 Å². The highest BCUT2D eigenvalue weighted by Crippen LogP contribution is 2.18. The number of carboxylic acids is 1. The van der Waals surface area contributed by atoms with Crippen LogP contribution in [0.2, 0.25) is 0 Å². The Hall–Kier alpha value is -1.95. The number of hydrogen-bond donors (Lipinski definition) is 1. The highest BCUT2D eigenvalue weighted by molar-refractivity contribution is 5.73. The molecule has 2 aromatic heterocycles. The molecule has 6 nitrogen and oxygen atoms in total. The summed E-state index contributed by atoms with van der Waals surface area (Å²) >= 11 is 0. The number of nitrogens with zero attached hydrogens (tertiary/aromatic N) is 3. The van der Waals surface area contributed by atoms with Crippen LogP contribution in [0.1, 0.15) is 17.0 Å². The quantitative estimate of drug-likeness (QED) is 0.813. The SMILES string of the molecule is O=C(O)Cc1ncn2nc3c(cc12)COCC3. The van der Waals surface area contributed by atoms with Crippen molar-refractivity contribution in [2.45, 2.75) is 19.4 Å². The molecule has 0 amide bonds. The summed E-state index contributed by atoms with van der Waals surface area (Å²) in [4.78, 5) is 14.8. The van der Waals surface area contributed by atoms with Crippen molar-refractivity contribution in [3.05, 3.63) is 29.3 Å². The Morgan fingerprint density at radius 2 is 2.47 bits per heavy atom. The minimum atomic E-state index is -0.889. The van der Waals surface area contributed by atoms with Crippen molar-refractivity contribution in [1.82, 2.24) is 14.6 Å². The lowest BCUT2D eigenvalue weighted by atomic mass is 10.1. The molecule has 1 N–H and O–H groups in total. The lowest BCUT2D eigenvalue weighted by Crippen LogP contribution is -2.14. The zero-order valence-corrected chi connectivity index (χ0v) is 9.09. The first-order chi connectivity index (χ1) is 8.24. The maximum Gasteiger partial charge on any atom is 0.309 e. The van der Waals surface area contributed by atoms with Crippen molar-refractivity contribution in [3.8, 4) is 0 Å². The van der Waals surface area contributed by atoms with Crippen molar-refractivity contribution >= 4 is 11.5 Å². The minimum absolute atomic E-state index is 0.0855. The number of rotatable bonds is 2. The molecule has 3 rings (SSSR count). The second kappa shape index (κ2) is 3.81. The summed E-state index contributed by atoms with van der Waals surface area (Å²) in [6.45, 7) is 1.22. The lowest BCUT2D eigenvalue weighted by molar-refractivity contribution is -0.136. The van der Waals surface area contributed by atoms with Crippen LogP contribution < -0.4 is 0 Å². The molecule has 88 valence electrons. The zero-order valence-electron chi connectivity index (χ0n) is 9.09. The Balaban J connectivity index is 2.12. The van der Waals surface area contributed by atoms with Crippen molar-refractivity contribution in [2.75, 3.05) is 6.61 Å². The topological polar surface area (TPSA) is 76.7 Å². The van der Waals surface area contributed by atoms with Gasteiger partial charge in [-0.15, -0.1) is 0 Å². The molecule has 3 heterocycles. The number of ether oxygens (including phenoxy) is 1. The number of aliphatic carboxylic acids is 1. The van der Waals surface area contributed by atoms with Crippen LogP contribution in [0.4, 0.5) is 0 Å². The van der Waals surface area contributed by atoms with Crippen molar-refractivity contribution < 1.29 is 14.6 Å². The lowest BCUT2D eigenvalue weighted by Gasteiger charge is -2.15. The van der Waals surface area contributed by atoms with Gasteiger partial charge in [-0.3, -0.25) is 4.79 Å². The maximum atomic E-state index is 10.7. The Labute approximate surface area is 96.8 Å². The molecular weight excluding hydrogens is 222 g/mol. The highest BCUT2D eigenvalue weighted by Gasteiger charge is 2.15. The zero-order chi connectivity index (χ0) is 11.8. The average Bonchev–Trinajstić information content (AvgIpc) is 2.68. The molecule has 1 aliphatic heterocycles. The first-order valence-corrected chi connectivity index (χ1v) is 5.38. The van der Waals surface area contributed by atoms with Gasteiger partial charge in [0.2, 0.25) is 0 Å². The molecule has 0 fully saturated rings. The van der Waals surface area contributed by atoms with Crippen molar-refractivity contribution in [2.24, 2.45) is 0 Å². The predicted molar refractivity (Wildman–Crippen MR) is 57.7 cm³/mol. The van der Waals surface area contributed by atoms with E-state index in [2.05, 4.69) is 10.1 Å². The van der Waals surface area contributed by atoms with Gasteiger partial charge in [-0.25, -0.2) is 9.50 Å². The number of fused-ring (bicyclic) bond motifs is 2. The number of carbonyl (C=O) groups is 1. The van der Waals surface area contributed by atoms with Gasteiger partial charge in [-0.1, -0.05) is 0 Å². The number of carboxylic acid groups (broad SMARTS) is 1. The molecule has 0 aromatic carbocycles. The summed E-state index contributed by atoms with van der Waals surface area (Å²) in [6.07, 6.45) is 2.26. The van der Waals surface area contributed by atoms with Crippen LogP contribution in [0.25, 0.3) is 5.52 Å². The summed E-state index contributed by atoms with van der Waals surface area (Å²) in [7, 11) is 0. The Morgan fingerprint density at radius 3 is 3.29 bits per heavy atom. The van der Waals surface area contributed by atoms with E-state index in [0.717, 1.165) is 23.2 Å². The number of hydrogen-bond acceptors (Lipinski definition) is 4. The van der Waals surface area contributed by atoms with E-state index in [1.165, 1.54) is 0 Å². The van der Waals surface area contributed by atoms with Crippen LogP contribution in [0.5, 0.6) is 0 Å². The summed E-state index contributed by atoms with van der Waals surface area (Å²) in [6, 6.07) is 1.92. The Kier molecular flexibility index (Phi) is 2.29. The van der Waals surface area contributed by atoms with E-state index in [1.807, 2.05) is 6.07 Å². The monoisotopic (exact) mass is 233 g/mol. The first kappa shape index (κ1) is 10.2. The molecular formula is C11H11N3O3. The Morgan fingerprint density at radius 1 is 1.59 bits per heavy atom. The molecule has 0 radical (unpaired) electrons. The van der Waals surface area contributed by atoms with E-state index in [9.17, 15) is 4.79 Å². The van der Waals surface area contributed by atoms with Crippen LogP contribution in [0.3, 0.4) is 0 Å². The third kappa shape index (κ3) is 1.76. The fraction of sp³-hybridized carbons (Fsp3) is 0.364. The second-order valence-corrected chi connectivity index (χ2v) is 4.01. The summed E-state index contributed by atoms with van der Waals surface area (Å²) < 4.78 is 7.00. The Bertz CT molecular complexity index is 591. The molecule has 0 spiro atoms. The van der Waals surface area contributed by atoms with Gasteiger partial charge in [0.1, 0.15) is 6.33 Å². The number of aromatic nitrogens is 3. The third-order valence-corrected chi connectivity index (χ3v) is 2.83. The van der Waals surface area contributed by atoms with Gasteiger partial charge < -0.3 is 9.84 Å². The molecule has 0 saturated heterocycles. The molecule has 6 heteroatoms. The number of imidazole rings is 1. The van der Waals surface area contributed by atoms with Crippen LogP contribution in [-0.2, 0) is 29.0 Å². The summed E-state index contributed by atoms with van der Waals surface area (Å²) in [5.41, 5.74) is 3.31. The van der Waals surface area contributed by atoms with Crippen LogP contribution in [0.15, 0.2) is 12.4 Å². The van der Waals surface area contributed by atoms with Gasteiger partial charge >= 0.3 is 5.97 Å². The van der Waals surface area contributed by atoms with Gasteiger partial charge in [-0.05, 0) is 6.07 Å². The van der Waals surface area contributed by atoms with E-state index < -0.39 is 5.97 Å². The summed E-state index contributed by atoms with van der Waals surface area (Å²) in [5.74, 6) is -0.889. The van der Waals surface area contributed by atoms with Crippen molar-refractivity contribution in [1.29, 1.82) is 0 Å². The minimum Gasteiger partial charge on any atom is -0.481 e. The smallest absolute Gasteiger partial charge is 0.309 e. The molecule has 0 bridgehead atoms. The predicted octanol–water partition coefficient (Wildman–Crippen LogP) is 0.429. The standard InChI is InChI=1S/C11H11N3O3/c15-11(16)4-9-10-3-7-5-17-2-1-8(7)13-14(10)6-12-9/h3,6H,1-2,4-5H2,(H,15,16). The largest absolute Gasteiger partial charge is 0.481 e. The second-order valence-electron chi connectivity index (χ2n) is 4.01. The molecule has 0 aliphatic carbocycles. The van der Waals surface area contributed by atoms with Gasteiger partial charge in [0.25, 0.3) is 0 Å². The van der Waals surface area contributed by atoms with Crippen molar-refractivity contribution in [3.63, 3.8) is 0 Å². The van der Waals surface area contributed by atoms with Crippen LogP contribution in [-0.4, -0.2) is 32.3 Å². The van der Waals surface area contributed by atoms with E-state index in [4.69, 9.17) is 9.84 Å². The van der Waals surface area contributed by atoms with Crippen LogP contribution in [0, 0.1) is 0 Å². The molecule has 0 atom stereocenters. The van der Waals surface area contributed by atoms with E-state index in [1.54, 1.807) is 10.8 Å². The normalized spacial score (nSPS) is 14.8. The average molecular weight is 233 g/mol. The fourth-order valence-corrected chi connectivity index (χ4v) is 2.02. The van der Waals surface area contributed by atoms with E-state index in [0.29, 0.717) is 18.9 Å². The van der Waals surface area contributed by atoms with E-state index >= 15 is 0 Å². The summed E-state index contributed by atoms with van der Waals surface area (Å²) in [5, 5.41) is 13.2. The van der Waals surface area contributed by atoms with Gasteiger partial charge in [0.15, 0.2) is 0 Å².